The number of hydrogen-bond donors (Lipinski definition) is 0. The van der Waals surface area contributed by atoms with Gasteiger partial charge in [0.2, 0.25) is 5.75 Å². The summed E-state index contributed by atoms with van der Waals surface area (Å²) in [6.07, 6.45) is 4.74. The van der Waals surface area contributed by atoms with Crippen LogP contribution in [0, 0.1) is 0 Å². The molecule has 0 N–H and O–H groups in total. The third-order valence-corrected chi connectivity index (χ3v) is 5.22. The number of ether oxygens (including phenoxy) is 5. The first-order chi connectivity index (χ1) is 14.6. The maximum absolute atomic E-state index is 12.8. The Morgan fingerprint density at radius 1 is 0.933 bits per heavy atom. The van der Waals surface area contributed by atoms with E-state index in [1.165, 1.54) is 0 Å². The number of carbonyl (C=O) groups is 1. The van der Waals surface area contributed by atoms with Crippen molar-refractivity contribution >= 4 is 11.5 Å². The quantitative estimate of drug-likeness (QED) is 0.616. The minimum Gasteiger partial charge on any atom is -0.496 e. The predicted octanol–water partition coefficient (Wildman–Crippen LogP) is 4.67. The van der Waals surface area contributed by atoms with Gasteiger partial charge < -0.3 is 23.7 Å². The highest BCUT2D eigenvalue weighted by molar-refractivity contribution is 5.97. The molecule has 1 aliphatic carbocycles. The lowest BCUT2D eigenvalue weighted by atomic mass is 9.90. The molecule has 0 aromatic heterocycles. The minimum atomic E-state index is -0.364. The van der Waals surface area contributed by atoms with E-state index >= 15 is 0 Å². The van der Waals surface area contributed by atoms with Gasteiger partial charge in [-0.1, -0.05) is 12.1 Å². The molecule has 30 heavy (non-hydrogen) atoms. The van der Waals surface area contributed by atoms with Crippen LogP contribution < -0.4 is 18.9 Å². The number of fused-ring (bicyclic) bond motifs is 1. The van der Waals surface area contributed by atoms with E-state index < -0.39 is 0 Å². The fraction of sp³-hybridized carbons (Fsp3) is 0.375. The average Bonchev–Trinajstić information content (AvgIpc) is 2.99. The van der Waals surface area contributed by atoms with Crippen LogP contribution in [0.1, 0.15) is 46.8 Å². The maximum atomic E-state index is 12.8. The molecule has 6 nitrogen and oxygen atoms in total. The molecule has 0 heterocycles. The Morgan fingerprint density at radius 3 is 2.17 bits per heavy atom. The lowest BCUT2D eigenvalue weighted by Gasteiger charge is -2.19. The maximum Gasteiger partial charge on any atom is 0.342 e. The number of esters is 1. The molecule has 0 aliphatic heterocycles. The van der Waals surface area contributed by atoms with Crippen molar-refractivity contribution in [3.8, 4) is 23.0 Å². The summed E-state index contributed by atoms with van der Waals surface area (Å²) in [5.74, 6) is 1.87. The van der Waals surface area contributed by atoms with E-state index in [1.807, 2.05) is 24.3 Å². The Balaban J connectivity index is 2.22. The molecule has 0 spiro atoms. The van der Waals surface area contributed by atoms with Crippen LogP contribution in [0.2, 0.25) is 0 Å². The summed E-state index contributed by atoms with van der Waals surface area (Å²) in [4.78, 5) is 12.8. The first-order valence-electron chi connectivity index (χ1n) is 9.97. The molecule has 2 aromatic rings. The summed E-state index contributed by atoms with van der Waals surface area (Å²) in [6, 6.07) is 7.67. The molecule has 1 aliphatic rings. The normalized spacial score (nSPS) is 12.9. The van der Waals surface area contributed by atoms with Crippen molar-refractivity contribution in [2.45, 2.75) is 26.2 Å². The van der Waals surface area contributed by atoms with Crippen molar-refractivity contribution in [1.82, 2.24) is 0 Å². The Hall–Kier alpha value is -3.15. The Bertz CT molecular complexity index is 935. The number of allylic oxidation sites excluding steroid dienone is 1. The summed E-state index contributed by atoms with van der Waals surface area (Å²) < 4.78 is 27.3. The zero-order valence-electron chi connectivity index (χ0n) is 18.2. The van der Waals surface area contributed by atoms with Crippen molar-refractivity contribution in [1.29, 1.82) is 0 Å². The second kappa shape index (κ2) is 9.57. The van der Waals surface area contributed by atoms with E-state index in [1.54, 1.807) is 35.4 Å². The second-order valence-corrected chi connectivity index (χ2v) is 6.81. The third kappa shape index (κ3) is 3.95. The molecule has 160 valence electrons. The summed E-state index contributed by atoms with van der Waals surface area (Å²) in [5.41, 5.74) is 4.34. The van der Waals surface area contributed by atoms with Crippen LogP contribution in [0.25, 0.3) is 5.57 Å². The summed E-state index contributed by atoms with van der Waals surface area (Å²) in [5, 5.41) is 0. The minimum absolute atomic E-state index is 0.307. The number of carbonyl (C=O) groups excluding carboxylic acids is 1. The van der Waals surface area contributed by atoms with E-state index in [9.17, 15) is 4.79 Å². The lowest BCUT2D eigenvalue weighted by Crippen LogP contribution is -2.12. The van der Waals surface area contributed by atoms with Crippen molar-refractivity contribution < 1.29 is 28.5 Å². The molecule has 0 atom stereocenters. The number of methoxy groups -OCH3 is 4. The monoisotopic (exact) mass is 412 g/mol. The number of rotatable bonds is 7. The predicted molar refractivity (Wildman–Crippen MR) is 115 cm³/mol. The molecule has 0 saturated carbocycles. The lowest BCUT2D eigenvalue weighted by molar-refractivity contribution is 0.0521. The first kappa shape index (κ1) is 21.6. The zero-order chi connectivity index (χ0) is 21.7. The van der Waals surface area contributed by atoms with Gasteiger partial charge >= 0.3 is 5.97 Å². The van der Waals surface area contributed by atoms with Gasteiger partial charge in [-0.3, -0.25) is 0 Å². The van der Waals surface area contributed by atoms with Crippen LogP contribution in [-0.4, -0.2) is 41.0 Å². The van der Waals surface area contributed by atoms with Gasteiger partial charge in [0.25, 0.3) is 0 Å². The van der Waals surface area contributed by atoms with Crippen LogP contribution in [0.3, 0.4) is 0 Å². The van der Waals surface area contributed by atoms with Gasteiger partial charge in [-0.05, 0) is 66.6 Å². The van der Waals surface area contributed by atoms with Gasteiger partial charge in [0.05, 0.1) is 35.0 Å². The molecular formula is C24H28O6. The highest BCUT2D eigenvalue weighted by atomic mass is 16.5. The van der Waals surface area contributed by atoms with Gasteiger partial charge in [0, 0.05) is 0 Å². The van der Waals surface area contributed by atoms with Crippen molar-refractivity contribution in [2.75, 3.05) is 35.0 Å². The van der Waals surface area contributed by atoms with Gasteiger partial charge in [-0.25, -0.2) is 4.79 Å². The highest BCUT2D eigenvalue weighted by Crippen LogP contribution is 2.43. The number of hydrogen-bond acceptors (Lipinski definition) is 6. The van der Waals surface area contributed by atoms with Crippen molar-refractivity contribution in [3.05, 3.63) is 52.6 Å². The summed E-state index contributed by atoms with van der Waals surface area (Å²) in [7, 11) is 6.34. The largest absolute Gasteiger partial charge is 0.496 e. The number of benzene rings is 2. The molecular weight excluding hydrogens is 384 g/mol. The van der Waals surface area contributed by atoms with Crippen LogP contribution in [-0.2, 0) is 11.2 Å². The molecule has 0 fully saturated rings. The Morgan fingerprint density at radius 2 is 1.60 bits per heavy atom. The molecule has 6 heteroatoms. The SMILES string of the molecule is CCOC(=O)c1c(OC)ccc2c1CCCC=C2c1cc(OC)c(OC)c(OC)c1. The molecule has 0 saturated heterocycles. The Kier molecular flexibility index (Phi) is 6.87. The molecule has 0 radical (unpaired) electrons. The van der Waals surface area contributed by atoms with Crippen LogP contribution in [0.4, 0.5) is 0 Å². The molecule has 0 bridgehead atoms. The molecule has 0 amide bonds. The standard InChI is InChI=1S/C24H28O6/c1-6-30-24(25)22-18-10-8-7-9-16(17(18)11-12-19(22)26-2)15-13-20(27-3)23(29-5)21(14-15)28-4/h9,11-14H,6-8,10H2,1-5H3. The van der Waals surface area contributed by atoms with Crippen LogP contribution >= 0.6 is 0 Å². The van der Waals surface area contributed by atoms with Crippen molar-refractivity contribution in [3.63, 3.8) is 0 Å². The molecule has 3 rings (SSSR count). The van der Waals surface area contributed by atoms with Gasteiger partial charge in [0.15, 0.2) is 11.5 Å². The van der Waals surface area contributed by atoms with Crippen LogP contribution in [0.5, 0.6) is 23.0 Å². The van der Waals surface area contributed by atoms with Crippen molar-refractivity contribution in [2.24, 2.45) is 0 Å². The second-order valence-electron chi connectivity index (χ2n) is 6.81. The fourth-order valence-corrected chi connectivity index (χ4v) is 3.88. The van der Waals surface area contributed by atoms with E-state index in [4.69, 9.17) is 23.7 Å². The van der Waals surface area contributed by atoms with Gasteiger partial charge in [-0.2, -0.15) is 0 Å². The summed E-state index contributed by atoms with van der Waals surface area (Å²) >= 11 is 0. The van der Waals surface area contributed by atoms with E-state index in [0.29, 0.717) is 35.2 Å². The van der Waals surface area contributed by atoms with Gasteiger partial charge in [-0.15, -0.1) is 0 Å². The van der Waals surface area contributed by atoms with E-state index in [2.05, 4.69) is 6.08 Å². The van der Waals surface area contributed by atoms with E-state index in [-0.39, 0.29) is 5.97 Å². The topological polar surface area (TPSA) is 63.2 Å². The third-order valence-electron chi connectivity index (χ3n) is 5.22. The average molecular weight is 412 g/mol. The van der Waals surface area contributed by atoms with Gasteiger partial charge in [0.1, 0.15) is 11.3 Å². The zero-order valence-corrected chi connectivity index (χ0v) is 18.2. The molecule has 2 aromatic carbocycles. The molecule has 0 unspecified atom stereocenters. The first-order valence-corrected chi connectivity index (χ1v) is 9.97. The highest BCUT2D eigenvalue weighted by Gasteiger charge is 2.25. The van der Waals surface area contributed by atoms with Crippen LogP contribution in [0.15, 0.2) is 30.3 Å². The Labute approximate surface area is 177 Å². The summed E-state index contributed by atoms with van der Waals surface area (Å²) in [6.45, 7) is 2.11. The smallest absolute Gasteiger partial charge is 0.342 e. The fourth-order valence-electron chi connectivity index (χ4n) is 3.88. The van der Waals surface area contributed by atoms with E-state index in [0.717, 1.165) is 41.5 Å².